The molecule has 1 aliphatic heterocycles. The lowest BCUT2D eigenvalue weighted by atomic mass is 9.94. The second-order valence-corrected chi connectivity index (χ2v) is 10.6. The van der Waals surface area contributed by atoms with Crippen LogP contribution in [-0.4, -0.2) is 30.3 Å². The van der Waals surface area contributed by atoms with Crippen LogP contribution in [0.4, 0.5) is 49.6 Å². The van der Waals surface area contributed by atoms with Gasteiger partial charge in [-0.05, 0) is 80.5 Å². The van der Waals surface area contributed by atoms with E-state index in [9.17, 15) is 49.1 Å². The lowest BCUT2D eigenvalue weighted by Crippen LogP contribution is -2.50. The number of halogens is 12. The van der Waals surface area contributed by atoms with Crippen molar-refractivity contribution >= 4 is 55.9 Å². The van der Waals surface area contributed by atoms with Gasteiger partial charge in [0.1, 0.15) is 5.82 Å². The van der Waals surface area contributed by atoms with Gasteiger partial charge < -0.3 is 14.8 Å². The summed E-state index contributed by atoms with van der Waals surface area (Å²) in [5, 5.41) is 2.14. The van der Waals surface area contributed by atoms with E-state index < -0.39 is 78.9 Å². The Kier molecular flexibility index (Phi) is 8.24. The molecule has 224 valence electrons. The number of amides is 1. The van der Waals surface area contributed by atoms with Crippen LogP contribution in [-0.2, 0) is 12.1 Å². The Morgan fingerprint density at radius 2 is 1.52 bits per heavy atom. The number of hydrogen-bond acceptors (Lipinski definition) is 4. The molecule has 1 amide bonds. The molecule has 1 heterocycles. The molecule has 0 fully saturated rings. The maximum atomic E-state index is 15.2. The van der Waals surface area contributed by atoms with Crippen molar-refractivity contribution in [1.29, 1.82) is 0 Å². The molecule has 0 aromatic heterocycles. The molecule has 0 aliphatic carbocycles. The fourth-order valence-corrected chi connectivity index (χ4v) is 5.54. The van der Waals surface area contributed by atoms with Gasteiger partial charge in [-0.3, -0.25) is 9.59 Å². The van der Waals surface area contributed by atoms with Crippen LogP contribution in [0.15, 0.2) is 53.0 Å². The minimum atomic E-state index is -6.37. The molecule has 0 bridgehead atoms. The predicted octanol–water partition coefficient (Wildman–Crippen LogP) is 8.48. The predicted molar refractivity (Wildman–Crippen MR) is 137 cm³/mol. The van der Waals surface area contributed by atoms with Crippen molar-refractivity contribution < 1.29 is 63.0 Å². The van der Waals surface area contributed by atoms with Crippen LogP contribution < -0.4 is 14.8 Å². The number of rotatable bonds is 6. The number of fused-ring (bicyclic) bond motifs is 1. The number of benzene rings is 3. The number of hydrogen-bond donors (Lipinski definition) is 1. The summed E-state index contributed by atoms with van der Waals surface area (Å²) in [6.45, 7) is 0. The molecule has 0 atom stereocenters. The molecular formula is C25H11BrF10INO4. The molecule has 0 saturated carbocycles. The smallest absolute Gasteiger partial charge is 0.395 e. The van der Waals surface area contributed by atoms with Gasteiger partial charge >= 0.3 is 24.3 Å². The van der Waals surface area contributed by atoms with E-state index in [1.165, 1.54) is 28.7 Å². The second kappa shape index (κ2) is 10.9. The Labute approximate surface area is 250 Å². The summed E-state index contributed by atoms with van der Waals surface area (Å²) in [4.78, 5) is 25.5. The lowest BCUT2D eigenvalue weighted by molar-refractivity contribution is -0.348. The highest BCUT2D eigenvalue weighted by Gasteiger charge is 2.73. The third-order valence-corrected chi connectivity index (χ3v) is 7.33. The van der Waals surface area contributed by atoms with Gasteiger partial charge in [-0.15, -0.1) is 8.78 Å². The van der Waals surface area contributed by atoms with Crippen molar-refractivity contribution in [3.05, 3.63) is 84.6 Å². The average molecular weight is 786 g/mol. The fraction of sp³-hybridized carbons (Fsp3) is 0.200. The summed E-state index contributed by atoms with van der Waals surface area (Å²) >= 11 is 3.98. The Bertz CT molecular complexity index is 1560. The number of ketones is 1. The number of anilines is 1. The van der Waals surface area contributed by atoms with Crippen LogP contribution in [0, 0.1) is 9.39 Å². The van der Waals surface area contributed by atoms with E-state index in [1.54, 1.807) is 0 Å². The average Bonchev–Trinajstić information content (AvgIpc) is 3.18. The van der Waals surface area contributed by atoms with Crippen LogP contribution in [0.3, 0.4) is 0 Å². The van der Waals surface area contributed by atoms with Crippen LogP contribution in [0.25, 0.3) is 0 Å². The highest BCUT2D eigenvalue weighted by atomic mass is 127. The summed E-state index contributed by atoms with van der Waals surface area (Å²) < 4.78 is 143. The molecule has 0 saturated heterocycles. The molecule has 4 rings (SSSR count). The number of Topliss-reactive ketones (excluding diaryl/α,β-unsaturated/α-hetero) is 1. The maximum Gasteiger partial charge on any atom is 0.586 e. The zero-order chi connectivity index (χ0) is 31.4. The second-order valence-electron chi connectivity index (χ2n) is 8.63. The SMILES string of the molecule is O=C(Cc1cccc(C(=O)Nc2c(Br)cc(C(F)(C(F)(F)F)C(F)(F)F)cc2I)c1F)c1ccc2c(c1)OC(F)(F)O2. The molecule has 0 unspecified atom stereocenters. The Morgan fingerprint density at radius 3 is 2.12 bits per heavy atom. The highest BCUT2D eigenvalue weighted by molar-refractivity contribution is 14.1. The molecule has 17 heteroatoms. The first-order valence-corrected chi connectivity index (χ1v) is 13.0. The molecule has 1 aliphatic rings. The molecule has 0 spiro atoms. The molecule has 5 nitrogen and oxygen atoms in total. The minimum Gasteiger partial charge on any atom is -0.395 e. The molecular weight excluding hydrogens is 775 g/mol. The summed E-state index contributed by atoms with van der Waals surface area (Å²) in [6.07, 6.45) is -17.3. The first-order valence-electron chi connectivity index (χ1n) is 11.1. The zero-order valence-electron chi connectivity index (χ0n) is 20.0. The van der Waals surface area contributed by atoms with Crippen molar-refractivity contribution in [3.8, 4) is 11.5 Å². The summed E-state index contributed by atoms with van der Waals surface area (Å²) in [6, 6.07) is 6.87. The molecule has 3 aromatic carbocycles. The zero-order valence-corrected chi connectivity index (χ0v) is 23.7. The van der Waals surface area contributed by atoms with Crippen molar-refractivity contribution in [2.24, 2.45) is 0 Å². The van der Waals surface area contributed by atoms with E-state index in [1.807, 2.05) is 0 Å². The number of alkyl halides is 9. The van der Waals surface area contributed by atoms with Gasteiger partial charge in [-0.1, -0.05) is 12.1 Å². The number of nitrogens with one attached hydrogen (secondary N) is 1. The van der Waals surface area contributed by atoms with Crippen LogP contribution in [0.5, 0.6) is 11.5 Å². The fourth-order valence-electron chi connectivity index (χ4n) is 3.85. The molecule has 1 N–H and O–H groups in total. The van der Waals surface area contributed by atoms with Gasteiger partial charge in [0.2, 0.25) is 0 Å². The Balaban J connectivity index is 1.58. The third-order valence-electron chi connectivity index (χ3n) is 5.86. The molecule has 3 aromatic rings. The molecule has 0 radical (unpaired) electrons. The van der Waals surface area contributed by atoms with Gasteiger partial charge in [0, 0.05) is 25.6 Å². The first kappa shape index (κ1) is 31.8. The van der Waals surface area contributed by atoms with Crippen molar-refractivity contribution in [3.63, 3.8) is 0 Å². The highest BCUT2D eigenvalue weighted by Crippen LogP contribution is 2.54. The van der Waals surface area contributed by atoms with Crippen LogP contribution >= 0.6 is 38.5 Å². The standard InChI is InChI=1S/C25H11BrF10INO4/c26-14-8-12(22(28,23(29,30)31)24(32,33)34)9-15(37)20(14)38-21(40)13-3-1-2-11(19(13)27)6-16(39)10-4-5-17-18(7-10)42-25(35,36)41-17/h1-5,7-9H,6H2,(H,38,40). The summed E-state index contributed by atoms with van der Waals surface area (Å²) in [5.41, 5.74) is -9.05. The monoisotopic (exact) mass is 785 g/mol. The van der Waals surface area contributed by atoms with E-state index in [0.29, 0.717) is 0 Å². The van der Waals surface area contributed by atoms with Crippen LogP contribution in [0.1, 0.15) is 31.8 Å². The van der Waals surface area contributed by atoms with E-state index in [-0.39, 0.29) is 29.0 Å². The van der Waals surface area contributed by atoms with Gasteiger partial charge in [0.15, 0.2) is 17.3 Å². The minimum absolute atomic E-state index is 0.149. The van der Waals surface area contributed by atoms with E-state index in [2.05, 4.69) is 30.7 Å². The summed E-state index contributed by atoms with van der Waals surface area (Å²) in [5.74, 6) is -3.93. The maximum absolute atomic E-state index is 15.2. The van der Waals surface area contributed by atoms with Gasteiger partial charge in [0.25, 0.3) is 5.91 Å². The topological polar surface area (TPSA) is 64.6 Å². The Hall–Kier alpha value is -3.09. The van der Waals surface area contributed by atoms with Gasteiger partial charge in [-0.25, -0.2) is 8.78 Å². The van der Waals surface area contributed by atoms with E-state index in [0.717, 1.165) is 30.3 Å². The van der Waals surface area contributed by atoms with Gasteiger partial charge in [-0.2, -0.15) is 26.3 Å². The normalized spacial score (nSPS) is 14.6. The first-order chi connectivity index (χ1) is 19.2. The van der Waals surface area contributed by atoms with Crippen molar-refractivity contribution in [2.45, 2.75) is 30.7 Å². The largest absolute Gasteiger partial charge is 0.586 e. The van der Waals surface area contributed by atoms with Crippen molar-refractivity contribution in [1.82, 2.24) is 0 Å². The molecule has 42 heavy (non-hydrogen) atoms. The quantitative estimate of drug-likeness (QED) is 0.155. The van der Waals surface area contributed by atoms with Gasteiger partial charge in [0.05, 0.1) is 11.3 Å². The van der Waals surface area contributed by atoms with E-state index in [4.69, 9.17) is 0 Å². The van der Waals surface area contributed by atoms with Crippen molar-refractivity contribution in [2.75, 3.05) is 5.32 Å². The number of carbonyl (C=O) groups is 2. The number of ether oxygens (including phenoxy) is 2. The van der Waals surface area contributed by atoms with E-state index >= 15 is 4.39 Å². The third kappa shape index (κ3) is 5.89. The van der Waals surface area contributed by atoms with Crippen LogP contribution in [0.2, 0.25) is 0 Å². The lowest BCUT2D eigenvalue weighted by Gasteiger charge is -2.31. The summed E-state index contributed by atoms with van der Waals surface area (Å²) in [7, 11) is 0. The number of carbonyl (C=O) groups excluding carboxylic acids is 2. The Morgan fingerprint density at radius 1 is 0.905 bits per heavy atom.